The molecule has 2 rings (SSSR count). The maximum atomic E-state index is 12.8. The molecule has 1 amide bonds. The van der Waals surface area contributed by atoms with E-state index in [0.717, 1.165) is 30.6 Å². The van der Waals surface area contributed by atoms with Crippen LogP contribution < -0.4 is 10.2 Å². The molecule has 6 nitrogen and oxygen atoms in total. The number of amides is 1. The van der Waals surface area contributed by atoms with Crippen LogP contribution >= 0.6 is 0 Å². The Balaban J connectivity index is 2.12. The Labute approximate surface area is 162 Å². The number of aromatic nitrogens is 1. The van der Waals surface area contributed by atoms with Crippen molar-refractivity contribution in [2.45, 2.75) is 59.5 Å². The van der Waals surface area contributed by atoms with Gasteiger partial charge in [-0.25, -0.2) is 0 Å². The highest BCUT2D eigenvalue weighted by atomic mass is 16.5. The summed E-state index contributed by atoms with van der Waals surface area (Å²) in [7, 11) is 0. The highest BCUT2D eigenvalue weighted by Gasteiger charge is 2.37. The predicted molar refractivity (Wildman–Crippen MR) is 107 cm³/mol. The lowest BCUT2D eigenvalue weighted by Crippen LogP contribution is -2.57. The molecule has 0 aliphatic carbocycles. The standard InChI is InChI=1S/C21H32N4O2/c1-6-21(7-2,8-3)19(26)24-14-20(5)15-25(9-10-27-20)18-11-16(4)23-13-17(18)12-22/h11,13H,6-10,14-15H2,1-5H3,(H,24,26). The van der Waals surface area contributed by atoms with Gasteiger partial charge >= 0.3 is 0 Å². The van der Waals surface area contributed by atoms with Gasteiger partial charge in [0.1, 0.15) is 11.7 Å². The first-order valence-electron chi connectivity index (χ1n) is 9.87. The number of anilines is 1. The monoisotopic (exact) mass is 372 g/mol. The molecular formula is C21H32N4O2. The van der Waals surface area contributed by atoms with Crippen molar-refractivity contribution in [3.63, 3.8) is 0 Å². The Morgan fingerprint density at radius 2 is 2.07 bits per heavy atom. The third-order valence-electron chi connectivity index (χ3n) is 5.95. The van der Waals surface area contributed by atoms with Crippen LogP contribution in [0, 0.1) is 23.7 Å². The summed E-state index contributed by atoms with van der Waals surface area (Å²) in [5.41, 5.74) is 1.52. The van der Waals surface area contributed by atoms with Crippen LogP contribution in [0.15, 0.2) is 12.3 Å². The van der Waals surface area contributed by atoms with Crippen molar-refractivity contribution >= 4 is 11.6 Å². The van der Waals surface area contributed by atoms with Crippen molar-refractivity contribution in [1.29, 1.82) is 5.26 Å². The molecule has 1 N–H and O–H groups in total. The van der Waals surface area contributed by atoms with Crippen LogP contribution in [0.4, 0.5) is 5.69 Å². The number of carbonyl (C=O) groups is 1. The molecule has 1 aromatic rings. The van der Waals surface area contributed by atoms with Crippen LogP contribution in [0.3, 0.4) is 0 Å². The molecule has 6 heteroatoms. The molecule has 0 bridgehead atoms. The number of hydrogen-bond donors (Lipinski definition) is 1. The molecule has 1 saturated heterocycles. The van der Waals surface area contributed by atoms with Crippen molar-refractivity contribution in [3.8, 4) is 6.07 Å². The van der Waals surface area contributed by atoms with Gasteiger partial charge < -0.3 is 15.0 Å². The number of rotatable bonds is 7. The van der Waals surface area contributed by atoms with Gasteiger partial charge in [0, 0.05) is 36.9 Å². The Bertz CT molecular complexity index is 700. The lowest BCUT2D eigenvalue weighted by Gasteiger charge is -2.42. The summed E-state index contributed by atoms with van der Waals surface area (Å²) in [4.78, 5) is 19.2. The second-order valence-corrected chi connectivity index (χ2v) is 7.70. The van der Waals surface area contributed by atoms with Gasteiger partial charge in [-0.05, 0) is 39.2 Å². The van der Waals surface area contributed by atoms with E-state index >= 15 is 0 Å². The zero-order valence-corrected chi connectivity index (χ0v) is 17.3. The van der Waals surface area contributed by atoms with E-state index in [9.17, 15) is 10.1 Å². The Morgan fingerprint density at radius 1 is 1.41 bits per heavy atom. The third-order valence-corrected chi connectivity index (χ3v) is 5.95. The molecule has 1 aliphatic heterocycles. The zero-order chi connectivity index (χ0) is 20.1. The average Bonchev–Trinajstić information content (AvgIpc) is 2.68. The lowest BCUT2D eigenvalue weighted by atomic mass is 9.79. The lowest BCUT2D eigenvalue weighted by molar-refractivity contribution is -0.133. The molecule has 1 fully saturated rings. The first-order valence-corrected chi connectivity index (χ1v) is 9.87. The van der Waals surface area contributed by atoms with Crippen LogP contribution in [-0.4, -0.2) is 42.7 Å². The fourth-order valence-corrected chi connectivity index (χ4v) is 3.82. The van der Waals surface area contributed by atoms with Crippen molar-refractivity contribution in [1.82, 2.24) is 10.3 Å². The van der Waals surface area contributed by atoms with E-state index in [0.29, 0.717) is 31.8 Å². The number of carbonyl (C=O) groups excluding carboxylic acids is 1. The quantitative estimate of drug-likeness (QED) is 0.795. The van der Waals surface area contributed by atoms with Crippen molar-refractivity contribution in [3.05, 3.63) is 23.5 Å². The van der Waals surface area contributed by atoms with Gasteiger partial charge in [0.15, 0.2) is 0 Å². The summed E-state index contributed by atoms with van der Waals surface area (Å²) in [6.45, 7) is 12.5. The summed E-state index contributed by atoms with van der Waals surface area (Å²) >= 11 is 0. The summed E-state index contributed by atoms with van der Waals surface area (Å²) in [6, 6.07) is 4.17. The summed E-state index contributed by atoms with van der Waals surface area (Å²) in [6.07, 6.45) is 4.11. The smallest absolute Gasteiger partial charge is 0.226 e. The number of nitrogens with zero attached hydrogens (tertiary/aromatic N) is 3. The summed E-state index contributed by atoms with van der Waals surface area (Å²) in [5.74, 6) is 0.106. The Morgan fingerprint density at radius 3 is 2.67 bits per heavy atom. The molecule has 0 aromatic carbocycles. The number of aryl methyl sites for hydroxylation is 1. The van der Waals surface area contributed by atoms with Crippen molar-refractivity contribution < 1.29 is 9.53 Å². The van der Waals surface area contributed by atoms with Crippen LogP contribution in [-0.2, 0) is 9.53 Å². The van der Waals surface area contributed by atoms with E-state index in [1.165, 1.54) is 0 Å². The minimum atomic E-state index is -0.501. The molecule has 0 spiro atoms. The average molecular weight is 373 g/mol. The minimum absolute atomic E-state index is 0.106. The fourth-order valence-electron chi connectivity index (χ4n) is 3.82. The maximum Gasteiger partial charge on any atom is 0.226 e. The molecule has 1 unspecified atom stereocenters. The van der Waals surface area contributed by atoms with Gasteiger partial charge in [-0.15, -0.1) is 0 Å². The highest BCUT2D eigenvalue weighted by Crippen LogP contribution is 2.31. The number of pyridine rings is 1. The van der Waals surface area contributed by atoms with E-state index in [2.05, 4.69) is 42.0 Å². The van der Waals surface area contributed by atoms with Crippen LogP contribution in [0.2, 0.25) is 0 Å². The molecule has 0 saturated carbocycles. The Hall–Kier alpha value is -2.13. The largest absolute Gasteiger partial charge is 0.370 e. The molecule has 27 heavy (non-hydrogen) atoms. The molecule has 148 valence electrons. The number of ether oxygens (including phenoxy) is 1. The van der Waals surface area contributed by atoms with Gasteiger partial charge in [0.05, 0.1) is 17.9 Å². The maximum absolute atomic E-state index is 12.8. The highest BCUT2D eigenvalue weighted by molar-refractivity contribution is 5.82. The first kappa shape index (κ1) is 21.2. The number of morpholine rings is 1. The van der Waals surface area contributed by atoms with Crippen molar-refractivity contribution in [2.24, 2.45) is 5.41 Å². The Kier molecular flexibility index (Phi) is 6.83. The topological polar surface area (TPSA) is 78.3 Å². The van der Waals surface area contributed by atoms with Crippen LogP contribution in [0.5, 0.6) is 0 Å². The summed E-state index contributed by atoms with van der Waals surface area (Å²) in [5, 5.41) is 12.5. The number of nitrogens with one attached hydrogen (secondary N) is 1. The summed E-state index contributed by atoms with van der Waals surface area (Å²) < 4.78 is 6.03. The van der Waals surface area contributed by atoms with Gasteiger partial charge in [-0.2, -0.15) is 5.26 Å². The predicted octanol–water partition coefficient (Wildman–Crippen LogP) is 3.19. The fraction of sp³-hybridized carbons (Fsp3) is 0.667. The van der Waals surface area contributed by atoms with E-state index in [-0.39, 0.29) is 11.3 Å². The number of hydrogen-bond acceptors (Lipinski definition) is 5. The molecule has 2 heterocycles. The molecular weight excluding hydrogens is 340 g/mol. The third kappa shape index (κ3) is 4.59. The molecule has 1 aromatic heterocycles. The normalized spacial score (nSPS) is 20.2. The molecule has 0 radical (unpaired) electrons. The first-order chi connectivity index (χ1) is 12.8. The second-order valence-electron chi connectivity index (χ2n) is 7.70. The van der Waals surface area contributed by atoms with Gasteiger partial charge in [-0.1, -0.05) is 20.8 Å². The molecule has 1 aliphatic rings. The van der Waals surface area contributed by atoms with Gasteiger partial charge in [0.2, 0.25) is 5.91 Å². The van der Waals surface area contributed by atoms with Crippen LogP contribution in [0.25, 0.3) is 0 Å². The van der Waals surface area contributed by atoms with Gasteiger partial charge in [-0.3, -0.25) is 9.78 Å². The van der Waals surface area contributed by atoms with E-state index in [1.807, 2.05) is 19.9 Å². The van der Waals surface area contributed by atoms with E-state index in [1.54, 1.807) is 6.20 Å². The minimum Gasteiger partial charge on any atom is -0.370 e. The van der Waals surface area contributed by atoms with E-state index in [4.69, 9.17) is 4.74 Å². The number of nitriles is 1. The second kappa shape index (κ2) is 8.71. The van der Waals surface area contributed by atoms with Crippen molar-refractivity contribution in [2.75, 3.05) is 31.1 Å². The SMILES string of the molecule is CCC(CC)(CC)C(=O)NCC1(C)CN(c2cc(C)ncc2C#N)CCO1. The zero-order valence-electron chi connectivity index (χ0n) is 17.3. The molecule has 1 atom stereocenters. The van der Waals surface area contributed by atoms with Gasteiger partial charge in [0.25, 0.3) is 0 Å². The van der Waals surface area contributed by atoms with E-state index < -0.39 is 5.60 Å². The van der Waals surface area contributed by atoms with Crippen LogP contribution in [0.1, 0.15) is 58.2 Å².